The molecule has 0 radical (unpaired) electrons. The van der Waals surface area contributed by atoms with E-state index < -0.39 is 0 Å². The van der Waals surface area contributed by atoms with Gasteiger partial charge in [0.2, 0.25) is 11.8 Å². The molecule has 0 bridgehead atoms. The number of unbranched alkanes of at least 4 members (excludes halogenated alkanes) is 18. The second-order valence-electron chi connectivity index (χ2n) is 11.2. The lowest BCUT2D eigenvalue weighted by Crippen LogP contribution is -2.23. The fourth-order valence-corrected chi connectivity index (χ4v) is 4.97. The van der Waals surface area contributed by atoms with Crippen LogP contribution < -0.4 is 10.6 Å². The average molecular weight is 529 g/mol. The summed E-state index contributed by atoms with van der Waals surface area (Å²) in [7, 11) is 0. The Kier molecular flexibility index (Phi) is 22.9. The molecule has 0 aromatic heterocycles. The van der Waals surface area contributed by atoms with Crippen molar-refractivity contribution >= 4 is 11.8 Å². The number of rotatable bonds is 26. The number of amides is 2. The largest absolute Gasteiger partial charge is 0.352 e. The molecule has 2 amide bonds. The second kappa shape index (κ2) is 25.4. The summed E-state index contributed by atoms with van der Waals surface area (Å²) in [6.07, 6.45) is 26.9. The fraction of sp³-hybridized carbons (Fsp3) is 0.765. The summed E-state index contributed by atoms with van der Waals surface area (Å²) in [6, 6.07) is 8.17. The monoisotopic (exact) mass is 528 g/mol. The van der Waals surface area contributed by atoms with Crippen molar-refractivity contribution in [2.24, 2.45) is 0 Å². The molecular formula is C34H60N2O2. The standard InChI is InChI=1S/C34H60N2O2/c1-3-5-7-9-11-13-15-17-19-21-26-33(37)35-29-31-24-23-25-32(28-31)30-36-34(38)27-22-20-18-16-14-12-10-8-6-4-2/h23-25,28H,3-22,26-27,29-30H2,1-2H3,(H,35,37)(H,36,38). The van der Waals surface area contributed by atoms with Crippen molar-refractivity contribution in [3.05, 3.63) is 35.4 Å². The molecule has 0 saturated heterocycles. The molecular weight excluding hydrogens is 468 g/mol. The first-order valence-corrected chi connectivity index (χ1v) is 16.3. The van der Waals surface area contributed by atoms with E-state index in [-0.39, 0.29) is 11.8 Å². The van der Waals surface area contributed by atoms with Crippen LogP contribution in [0, 0.1) is 0 Å². The van der Waals surface area contributed by atoms with Crippen LogP contribution >= 0.6 is 0 Å². The minimum Gasteiger partial charge on any atom is -0.352 e. The van der Waals surface area contributed by atoms with E-state index in [9.17, 15) is 9.59 Å². The zero-order chi connectivity index (χ0) is 27.5. The maximum atomic E-state index is 12.2. The lowest BCUT2D eigenvalue weighted by atomic mass is 10.1. The van der Waals surface area contributed by atoms with Crippen molar-refractivity contribution in [2.75, 3.05) is 0 Å². The molecule has 218 valence electrons. The van der Waals surface area contributed by atoms with Crippen LogP contribution in [0.4, 0.5) is 0 Å². The van der Waals surface area contributed by atoms with Crippen LogP contribution in [-0.2, 0) is 22.7 Å². The molecule has 1 rings (SSSR count). The lowest BCUT2D eigenvalue weighted by molar-refractivity contribution is -0.122. The third-order valence-corrected chi connectivity index (χ3v) is 7.49. The Morgan fingerprint density at radius 2 is 0.816 bits per heavy atom. The van der Waals surface area contributed by atoms with Gasteiger partial charge >= 0.3 is 0 Å². The number of benzene rings is 1. The highest BCUT2D eigenvalue weighted by Crippen LogP contribution is 2.13. The van der Waals surface area contributed by atoms with E-state index >= 15 is 0 Å². The molecule has 0 spiro atoms. The van der Waals surface area contributed by atoms with E-state index in [0.29, 0.717) is 25.9 Å². The zero-order valence-corrected chi connectivity index (χ0v) is 25.1. The van der Waals surface area contributed by atoms with Crippen LogP contribution in [-0.4, -0.2) is 11.8 Å². The van der Waals surface area contributed by atoms with Crippen molar-refractivity contribution in [1.29, 1.82) is 0 Å². The van der Waals surface area contributed by atoms with Gasteiger partial charge in [-0.05, 0) is 24.0 Å². The smallest absolute Gasteiger partial charge is 0.220 e. The second-order valence-corrected chi connectivity index (χ2v) is 11.2. The Morgan fingerprint density at radius 1 is 0.500 bits per heavy atom. The minimum atomic E-state index is 0.139. The van der Waals surface area contributed by atoms with Gasteiger partial charge in [0.15, 0.2) is 0 Å². The van der Waals surface area contributed by atoms with Crippen LogP contribution in [0.5, 0.6) is 0 Å². The normalized spacial score (nSPS) is 11.0. The van der Waals surface area contributed by atoms with Crippen LogP contribution in [0.1, 0.15) is 166 Å². The SMILES string of the molecule is CCCCCCCCCCCCC(=O)NCc1cccc(CNC(=O)CCCCCCCCCCCC)c1. The highest BCUT2D eigenvalue weighted by Gasteiger charge is 2.05. The van der Waals surface area contributed by atoms with Crippen molar-refractivity contribution < 1.29 is 9.59 Å². The molecule has 0 fully saturated rings. The van der Waals surface area contributed by atoms with Gasteiger partial charge in [-0.2, -0.15) is 0 Å². The van der Waals surface area contributed by atoms with E-state index in [1.54, 1.807) is 0 Å². The summed E-state index contributed by atoms with van der Waals surface area (Å²) in [5.41, 5.74) is 2.17. The van der Waals surface area contributed by atoms with E-state index in [4.69, 9.17) is 0 Å². The molecule has 0 aliphatic carbocycles. The predicted molar refractivity (Wildman–Crippen MR) is 163 cm³/mol. The van der Waals surface area contributed by atoms with Crippen LogP contribution in [0.15, 0.2) is 24.3 Å². The lowest BCUT2D eigenvalue weighted by Gasteiger charge is -2.09. The van der Waals surface area contributed by atoms with Gasteiger partial charge in [0.05, 0.1) is 0 Å². The minimum absolute atomic E-state index is 0.139. The summed E-state index contributed by atoms with van der Waals surface area (Å²) in [5.74, 6) is 0.277. The number of hydrogen-bond donors (Lipinski definition) is 2. The number of nitrogens with one attached hydrogen (secondary N) is 2. The Balaban J connectivity index is 2.04. The highest BCUT2D eigenvalue weighted by atomic mass is 16.2. The summed E-state index contributed by atoms with van der Waals surface area (Å²) < 4.78 is 0. The first-order chi connectivity index (χ1) is 18.7. The molecule has 1 aromatic carbocycles. The molecule has 38 heavy (non-hydrogen) atoms. The Labute approximate surface area is 235 Å². The Bertz CT molecular complexity index is 648. The first kappa shape index (κ1) is 34.2. The molecule has 0 heterocycles. The molecule has 2 N–H and O–H groups in total. The van der Waals surface area contributed by atoms with Gasteiger partial charge in [0, 0.05) is 25.9 Å². The Morgan fingerprint density at radius 3 is 1.16 bits per heavy atom. The summed E-state index contributed by atoms with van der Waals surface area (Å²) in [6.45, 7) is 5.62. The predicted octanol–water partition coefficient (Wildman–Crippen LogP) is 9.54. The van der Waals surface area contributed by atoms with Crippen molar-refractivity contribution in [3.8, 4) is 0 Å². The molecule has 0 aliphatic rings. The maximum absolute atomic E-state index is 12.2. The molecule has 4 nitrogen and oxygen atoms in total. The fourth-order valence-electron chi connectivity index (χ4n) is 4.97. The van der Waals surface area contributed by atoms with E-state index in [1.807, 2.05) is 18.2 Å². The molecule has 1 aromatic rings. The van der Waals surface area contributed by atoms with Crippen molar-refractivity contribution in [1.82, 2.24) is 10.6 Å². The quantitative estimate of drug-likeness (QED) is 0.118. The van der Waals surface area contributed by atoms with Crippen LogP contribution in [0.2, 0.25) is 0 Å². The molecule has 4 heteroatoms. The van der Waals surface area contributed by atoms with E-state index in [0.717, 1.165) is 36.8 Å². The molecule has 0 unspecified atom stereocenters. The van der Waals surface area contributed by atoms with Gasteiger partial charge in [-0.15, -0.1) is 0 Å². The summed E-state index contributed by atoms with van der Waals surface area (Å²) in [4.78, 5) is 24.4. The first-order valence-electron chi connectivity index (χ1n) is 16.3. The van der Waals surface area contributed by atoms with Crippen molar-refractivity contribution in [3.63, 3.8) is 0 Å². The molecule has 0 aliphatic heterocycles. The van der Waals surface area contributed by atoms with Gasteiger partial charge in [0.1, 0.15) is 0 Å². The third kappa shape index (κ3) is 21.1. The van der Waals surface area contributed by atoms with E-state index in [2.05, 4.69) is 30.5 Å². The summed E-state index contributed by atoms with van der Waals surface area (Å²) >= 11 is 0. The maximum Gasteiger partial charge on any atom is 0.220 e. The number of carbonyl (C=O) groups is 2. The third-order valence-electron chi connectivity index (χ3n) is 7.49. The summed E-state index contributed by atoms with van der Waals surface area (Å²) in [5, 5.41) is 6.11. The number of hydrogen-bond acceptors (Lipinski definition) is 2. The van der Waals surface area contributed by atoms with E-state index in [1.165, 1.54) is 103 Å². The molecule has 0 saturated carbocycles. The topological polar surface area (TPSA) is 58.2 Å². The van der Waals surface area contributed by atoms with Crippen LogP contribution in [0.3, 0.4) is 0 Å². The van der Waals surface area contributed by atoms with Gasteiger partial charge in [-0.25, -0.2) is 0 Å². The van der Waals surface area contributed by atoms with Gasteiger partial charge in [0.25, 0.3) is 0 Å². The van der Waals surface area contributed by atoms with Gasteiger partial charge in [-0.1, -0.05) is 154 Å². The van der Waals surface area contributed by atoms with Gasteiger partial charge in [-0.3, -0.25) is 9.59 Å². The average Bonchev–Trinajstić information content (AvgIpc) is 2.93. The molecule has 0 atom stereocenters. The Hall–Kier alpha value is -1.84. The zero-order valence-electron chi connectivity index (χ0n) is 25.1. The van der Waals surface area contributed by atoms with Crippen molar-refractivity contribution in [2.45, 2.75) is 168 Å². The van der Waals surface area contributed by atoms with Gasteiger partial charge < -0.3 is 10.6 Å². The highest BCUT2D eigenvalue weighted by molar-refractivity contribution is 5.76. The van der Waals surface area contributed by atoms with Crippen LogP contribution in [0.25, 0.3) is 0 Å². The number of carbonyl (C=O) groups excluding carboxylic acids is 2.